The molecule has 0 aliphatic heterocycles. The van der Waals surface area contributed by atoms with E-state index in [1.54, 1.807) is 6.20 Å². The minimum absolute atomic E-state index is 0.0668. The molecule has 0 aliphatic rings. The van der Waals surface area contributed by atoms with E-state index in [2.05, 4.69) is 55.3 Å². The molecule has 4 nitrogen and oxygen atoms in total. The third-order valence-electron chi connectivity index (χ3n) is 3.57. The molecule has 0 saturated carbocycles. The first kappa shape index (κ1) is 15.3. The van der Waals surface area contributed by atoms with Crippen LogP contribution < -0.4 is 5.32 Å². The fourth-order valence-electron chi connectivity index (χ4n) is 2.33. The number of carbonyl (C=O) groups is 1. The molecule has 1 heterocycles. The summed E-state index contributed by atoms with van der Waals surface area (Å²) in [5, 5.41) is 2.98. The van der Waals surface area contributed by atoms with E-state index in [1.807, 2.05) is 17.8 Å². The van der Waals surface area contributed by atoms with Crippen LogP contribution in [0.4, 0.5) is 0 Å². The van der Waals surface area contributed by atoms with Gasteiger partial charge in [-0.25, -0.2) is 4.98 Å². The van der Waals surface area contributed by atoms with Gasteiger partial charge in [0, 0.05) is 26.4 Å². The Kier molecular flexibility index (Phi) is 4.16. The highest BCUT2D eigenvalue weighted by Gasteiger charge is 2.20. The van der Waals surface area contributed by atoms with Crippen LogP contribution in [0, 0.1) is 0 Å². The minimum atomic E-state index is -0.225. The van der Waals surface area contributed by atoms with Crippen molar-refractivity contribution in [3.05, 3.63) is 53.6 Å². The standard InChI is InChI=1S/C17H23N3O/c1-12(21)19-15(16-18-10-11-20(16)5)13-6-8-14(9-7-13)17(2,3)4/h6-11,15H,1-5H3,(H,19,21). The maximum atomic E-state index is 11.5. The van der Waals surface area contributed by atoms with E-state index in [9.17, 15) is 4.79 Å². The lowest BCUT2D eigenvalue weighted by Crippen LogP contribution is -2.29. The van der Waals surface area contributed by atoms with E-state index < -0.39 is 0 Å². The maximum absolute atomic E-state index is 11.5. The van der Waals surface area contributed by atoms with Crippen LogP contribution in [0.3, 0.4) is 0 Å². The first-order chi connectivity index (χ1) is 9.79. The smallest absolute Gasteiger partial charge is 0.217 e. The highest BCUT2D eigenvalue weighted by atomic mass is 16.1. The summed E-state index contributed by atoms with van der Waals surface area (Å²) < 4.78 is 1.93. The molecule has 2 aromatic rings. The highest BCUT2D eigenvalue weighted by Crippen LogP contribution is 2.26. The molecular formula is C17H23N3O. The van der Waals surface area contributed by atoms with Crippen molar-refractivity contribution < 1.29 is 4.79 Å². The molecule has 0 radical (unpaired) electrons. The number of amides is 1. The van der Waals surface area contributed by atoms with Crippen LogP contribution in [-0.2, 0) is 17.3 Å². The van der Waals surface area contributed by atoms with E-state index in [4.69, 9.17) is 0 Å². The normalized spacial score (nSPS) is 13.0. The van der Waals surface area contributed by atoms with E-state index in [1.165, 1.54) is 12.5 Å². The predicted molar refractivity (Wildman–Crippen MR) is 84.0 cm³/mol. The molecule has 1 N–H and O–H groups in total. The van der Waals surface area contributed by atoms with Gasteiger partial charge in [-0.1, -0.05) is 45.0 Å². The molecular weight excluding hydrogens is 262 g/mol. The molecule has 21 heavy (non-hydrogen) atoms. The number of nitrogens with zero attached hydrogens (tertiary/aromatic N) is 2. The van der Waals surface area contributed by atoms with Crippen molar-refractivity contribution in [2.75, 3.05) is 0 Å². The minimum Gasteiger partial charge on any atom is -0.342 e. The SMILES string of the molecule is CC(=O)NC(c1ccc(C(C)(C)C)cc1)c1nccn1C. The molecule has 112 valence electrons. The molecule has 2 rings (SSSR count). The van der Waals surface area contributed by atoms with Crippen LogP contribution >= 0.6 is 0 Å². The topological polar surface area (TPSA) is 46.9 Å². The van der Waals surface area contributed by atoms with Crippen molar-refractivity contribution in [2.24, 2.45) is 7.05 Å². The molecule has 1 aromatic carbocycles. The Morgan fingerprint density at radius 2 is 1.86 bits per heavy atom. The van der Waals surface area contributed by atoms with Gasteiger partial charge in [-0.2, -0.15) is 0 Å². The Bertz CT molecular complexity index is 620. The zero-order valence-electron chi connectivity index (χ0n) is 13.3. The summed E-state index contributed by atoms with van der Waals surface area (Å²) in [4.78, 5) is 15.9. The number of nitrogens with one attached hydrogen (secondary N) is 1. The van der Waals surface area contributed by atoms with Crippen LogP contribution in [-0.4, -0.2) is 15.5 Å². The third-order valence-corrected chi connectivity index (χ3v) is 3.57. The van der Waals surface area contributed by atoms with Gasteiger partial charge in [0.05, 0.1) is 0 Å². The summed E-state index contributed by atoms with van der Waals surface area (Å²) in [6.07, 6.45) is 3.63. The van der Waals surface area contributed by atoms with Gasteiger partial charge < -0.3 is 9.88 Å². The lowest BCUT2D eigenvalue weighted by molar-refractivity contribution is -0.119. The number of imidazole rings is 1. The summed E-state index contributed by atoms with van der Waals surface area (Å²) in [6.45, 7) is 8.09. The van der Waals surface area contributed by atoms with Gasteiger partial charge in [0.15, 0.2) is 0 Å². The summed E-state index contributed by atoms with van der Waals surface area (Å²) in [5.74, 6) is 0.761. The number of hydrogen-bond donors (Lipinski definition) is 1. The average Bonchev–Trinajstić information content (AvgIpc) is 2.81. The second-order valence-electron chi connectivity index (χ2n) is 6.40. The largest absolute Gasteiger partial charge is 0.342 e. The van der Waals surface area contributed by atoms with Gasteiger partial charge in [0.1, 0.15) is 11.9 Å². The molecule has 1 unspecified atom stereocenters. The number of aryl methyl sites for hydroxylation is 1. The second kappa shape index (κ2) is 5.72. The highest BCUT2D eigenvalue weighted by molar-refractivity contribution is 5.73. The Hall–Kier alpha value is -2.10. The van der Waals surface area contributed by atoms with E-state index in [-0.39, 0.29) is 17.4 Å². The van der Waals surface area contributed by atoms with Crippen molar-refractivity contribution >= 4 is 5.91 Å². The summed E-state index contributed by atoms with van der Waals surface area (Å²) in [5.41, 5.74) is 2.42. The van der Waals surface area contributed by atoms with Gasteiger partial charge in [-0.15, -0.1) is 0 Å². The van der Waals surface area contributed by atoms with Crippen LogP contribution in [0.2, 0.25) is 0 Å². The zero-order valence-corrected chi connectivity index (χ0v) is 13.3. The summed E-state index contributed by atoms with van der Waals surface area (Å²) >= 11 is 0. The third kappa shape index (κ3) is 3.51. The number of aromatic nitrogens is 2. The molecule has 0 aliphatic carbocycles. The monoisotopic (exact) mass is 285 g/mol. The van der Waals surface area contributed by atoms with Crippen molar-refractivity contribution in [1.29, 1.82) is 0 Å². The van der Waals surface area contributed by atoms with Crippen LogP contribution in [0.1, 0.15) is 50.7 Å². The summed E-state index contributed by atoms with van der Waals surface area (Å²) in [6, 6.07) is 8.14. The first-order valence-corrected chi connectivity index (χ1v) is 7.14. The maximum Gasteiger partial charge on any atom is 0.217 e. The number of carbonyl (C=O) groups excluding carboxylic acids is 1. The predicted octanol–water partition coefficient (Wildman–Crippen LogP) is 2.94. The number of hydrogen-bond acceptors (Lipinski definition) is 2. The first-order valence-electron chi connectivity index (χ1n) is 7.14. The molecule has 0 fully saturated rings. The molecule has 4 heteroatoms. The second-order valence-corrected chi connectivity index (χ2v) is 6.40. The van der Waals surface area contributed by atoms with Crippen molar-refractivity contribution in [3.63, 3.8) is 0 Å². The average molecular weight is 285 g/mol. The molecule has 0 saturated heterocycles. The molecule has 1 atom stereocenters. The Morgan fingerprint density at radius 1 is 1.24 bits per heavy atom. The molecule has 0 spiro atoms. The lowest BCUT2D eigenvalue weighted by atomic mass is 9.86. The molecule has 1 amide bonds. The fourth-order valence-corrected chi connectivity index (χ4v) is 2.33. The Labute approximate surface area is 126 Å². The summed E-state index contributed by atoms with van der Waals surface area (Å²) in [7, 11) is 1.93. The molecule has 1 aromatic heterocycles. The van der Waals surface area contributed by atoms with E-state index >= 15 is 0 Å². The zero-order chi connectivity index (χ0) is 15.6. The number of benzene rings is 1. The fraction of sp³-hybridized carbons (Fsp3) is 0.412. The lowest BCUT2D eigenvalue weighted by Gasteiger charge is -2.22. The van der Waals surface area contributed by atoms with Crippen molar-refractivity contribution in [3.8, 4) is 0 Å². The van der Waals surface area contributed by atoms with Crippen molar-refractivity contribution in [1.82, 2.24) is 14.9 Å². The van der Waals surface area contributed by atoms with Crippen LogP contribution in [0.5, 0.6) is 0 Å². The van der Waals surface area contributed by atoms with E-state index in [0.29, 0.717) is 0 Å². The molecule has 0 bridgehead atoms. The van der Waals surface area contributed by atoms with Gasteiger partial charge in [0.25, 0.3) is 0 Å². The van der Waals surface area contributed by atoms with Crippen LogP contribution in [0.15, 0.2) is 36.7 Å². The quantitative estimate of drug-likeness (QED) is 0.942. The Balaban J connectivity index is 2.38. The van der Waals surface area contributed by atoms with Gasteiger partial charge in [0.2, 0.25) is 5.91 Å². The van der Waals surface area contributed by atoms with Crippen molar-refractivity contribution in [2.45, 2.75) is 39.2 Å². The van der Waals surface area contributed by atoms with Crippen LogP contribution in [0.25, 0.3) is 0 Å². The van der Waals surface area contributed by atoms with E-state index in [0.717, 1.165) is 11.4 Å². The van der Waals surface area contributed by atoms with Gasteiger partial charge in [-0.3, -0.25) is 4.79 Å². The Morgan fingerprint density at radius 3 is 2.29 bits per heavy atom. The van der Waals surface area contributed by atoms with Gasteiger partial charge >= 0.3 is 0 Å². The van der Waals surface area contributed by atoms with Gasteiger partial charge in [-0.05, 0) is 16.5 Å². The number of rotatable bonds is 3.